The number of amides is 1. The van der Waals surface area contributed by atoms with Crippen LogP contribution < -0.4 is 14.4 Å². The van der Waals surface area contributed by atoms with E-state index in [1.54, 1.807) is 31.2 Å². The maximum atomic E-state index is 13.2. The second kappa shape index (κ2) is 8.18. The van der Waals surface area contributed by atoms with Gasteiger partial charge in [-0.2, -0.15) is 0 Å². The zero-order valence-corrected chi connectivity index (χ0v) is 15.6. The predicted octanol–water partition coefficient (Wildman–Crippen LogP) is 3.02. The van der Waals surface area contributed by atoms with E-state index in [1.165, 1.54) is 19.2 Å². The molecule has 0 saturated heterocycles. The molecule has 1 unspecified atom stereocenters. The number of anilines is 2. The van der Waals surface area contributed by atoms with Crippen molar-refractivity contribution in [2.24, 2.45) is 0 Å². The van der Waals surface area contributed by atoms with E-state index in [9.17, 15) is 17.6 Å². The predicted molar refractivity (Wildman–Crippen MR) is 99.4 cm³/mol. The van der Waals surface area contributed by atoms with Gasteiger partial charge >= 0.3 is 0 Å². The second-order valence-electron chi connectivity index (χ2n) is 5.65. The number of nitrogens with one attached hydrogen (secondary N) is 1. The van der Waals surface area contributed by atoms with Gasteiger partial charge in [0.25, 0.3) is 0 Å². The Morgan fingerprint density at radius 2 is 1.81 bits per heavy atom. The summed E-state index contributed by atoms with van der Waals surface area (Å²) in [4.78, 5) is 12.8. The number of carbonyl (C=O) groups is 1. The third-order valence-electron chi connectivity index (χ3n) is 3.78. The Hall–Kier alpha value is -2.61. The van der Waals surface area contributed by atoms with Crippen LogP contribution in [0, 0.1) is 5.82 Å². The molecule has 0 aliphatic heterocycles. The molecule has 0 heterocycles. The minimum atomic E-state index is -3.78. The number of ether oxygens (including phenoxy) is 1. The van der Waals surface area contributed by atoms with Gasteiger partial charge in [0, 0.05) is 0 Å². The van der Waals surface area contributed by atoms with Crippen molar-refractivity contribution in [3.05, 3.63) is 54.3 Å². The molecule has 1 amide bonds. The summed E-state index contributed by atoms with van der Waals surface area (Å²) in [5.74, 6) is -0.538. The molecule has 1 N–H and O–H groups in total. The zero-order valence-electron chi connectivity index (χ0n) is 14.8. The molecule has 0 fully saturated rings. The van der Waals surface area contributed by atoms with Gasteiger partial charge in [0.15, 0.2) is 0 Å². The van der Waals surface area contributed by atoms with Crippen LogP contribution in [0.4, 0.5) is 15.8 Å². The summed E-state index contributed by atoms with van der Waals surface area (Å²) in [5.41, 5.74) is 0.655. The normalized spacial score (nSPS) is 12.3. The van der Waals surface area contributed by atoms with Crippen LogP contribution in [0.5, 0.6) is 5.75 Å². The number of methoxy groups -OCH3 is 1. The first-order valence-electron chi connectivity index (χ1n) is 7.96. The average Bonchev–Trinajstić information content (AvgIpc) is 2.60. The molecule has 140 valence electrons. The van der Waals surface area contributed by atoms with Crippen molar-refractivity contribution in [2.45, 2.75) is 19.4 Å². The van der Waals surface area contributed by atoms with Crippen LogP contribution in [0.25, 0.3) is 0 Å². The maximum absolute atomic E-state index is 13.2. The van der Waals surface area contributed by atoms with Crippen molar-refractivity contribution >= 4 is 27.3 Å². The number of sulfonamides is 1. The molecular formula is C18H21FN2O4S. The number of hydrogen-bond donors (Lipinski definition) is 1. The Morgan fingerprint density at radius 3 is 2.35 bits per heavy atom. The van der Waals surface area contributed by atoms with Crippen molar-refractivity contribution in [2.75, 3.05) is 23.0 Å². The number of hydrogen-bond acceptors (Lipinski definition) is 4. The molecule has 0 spiro atoms. The summed E-state index contributed by atoms with van der Waals surface area (Å²) < 4.78 is 44.0. The quantitative estimate of drug-likeness (QED) is 0.801. The molecule has 2 aromatic rings. The van der Waals surface area contributed by atoms with E-state index in [-0.39, 0.29) is 12.1 Å². The first-order valence-corrected chi connectivity index (χ1v) is 9.81. The summed E-state index contributed by atoms with van der Waals surface area (Å²) in [6.07, 6.45) is 1.24. The molecule has 0 radical (unpaired) electrons. The topological polar surface area (TPSA) is 75.7 Å². The number of halogens is 1. The fourth-order valence-electron chi connectivity index (χ4n) is 2.61. The van der Waals surface area contributed by atoms with Crippen LogP contribution >= 0.6 is 0 Å². The minimum Gasteiger partial charge on any atom is -0.495 e. The molecule has 6 nitrogen and oxygen atoms in total. The standard InChI is InChI=1S/C18H21FN2O4S/c1-4-16(18(22)20-15-7-5-6-8-17(15)25-2)21(26(3,23)24)14-11-9-13(19)10-12-14/h5-12,16H,4H2,1-3H3,(H,20,22). The van der Waals surface area contributed by atoms with E-state index in [4.69, 9.17) is 4.74 Å². The lowest BCUT2D eigenvalue weighted by atomic mass is 10.1. The Bertz CT molecular complexity index is 869. The number of rotatable bonds is 7. The molecule has 2 rings (SSSR count). The second-order valence-corrected chi connectivity index (χ2v) is 7.51. The molecule has 1 atom stereocenters. The van der Waals surface area contributed by atoms with Gasteiger partial charge in [0.1, 0.15) is 17.6 Å². The van der Waals surface area contributed by atoms with Crippen molar-refractivity contribution < 1.29 is 22.3 Å². The van der Waals surface area contributed by atoms with E-state index in [2.05, 4.69) is 5.32 Å². The van der Waals surface area contributed by atoms with E-state index in [0.717, 1.165) is 22.7 Å². The van der Waals surface area contributed by atoms with Crippen LogP contribution in [0.15, 0.2) is 48.5 Å². The SMILES string of the molecule is CCC(C(=O)Nc1ccccc1OC)N(c1ccc(F)cc1)S(C)(=O)=O. The lowest BCUT2D eigenvalue weighted by Gasteiger charge is -2.30. The van der Waals surface area contributed by atoms with E-state index in [0.29, 0.717) is 11.4 Å². The summed E-state index contributed by atoms with van der Waals surface area (Å²) in [5, 5.41) is 2.70. The Labute approximate surface area is 152 Å². The van der Waals surface area contributed by atoms with Gasteiger partial charge in [-0.15, -0.1) is 0 Å². The molecule has 0 aliphatic carbocycles. The monoisotopic (exact) mass is 380 g/mol. The van der Waals surface area contributed by atoms with Gasteiger partial charge in [-0.05, 0) is 42.8 Å². The lowest BCUT2D eigenvalue weighted by molar-refractivity contribution is -0.117. The van der Waals surface area contributed by atoms with Gasteiger partial charge in [-0.1, -0.05) is 19.1 Å². The molecule has 8 heteroatoms. The third-order valence-corrected chi connectivity index (χ3v) is 4.96. The molecule has 2 aromatic carbocycles. The van der Waals surface area contributed by atoms with Crippen LogP contribution in [-0.2, 0) is 14.8 Å². The Kier molecular flexibility index (Phi) is 6.20. The smallest absolute Gasteiger partial charge is 0.248 e. The van der Waals surface area contributed by atoms with Crippen molar-refractivity contribution in [1.29, 1.82) is 0 Å². The molecular weight excluding hydrogens is 359 g/mol. The zero-order chi connectivity index (χ0) is 19.3. The van der Waals surface area contributed by atoms with Gasteiger partial charge in [-0.3, -0.25) is 9.10 Å². The fraction of sp³-hybridized carbons (Fsp3) is 0.278. The summed E-state index contributed by atoms with van der Waals surface area (Å²) in [7, 11) is -2.30. The van der Waals surface area contributed by atoms with Crippen molar-refractivity contribution in [1.82, 2.24) is 0 Å². The number of benzene rings is 2. The molecule has 26 heavy (non-hydrogen) atoms. The highest BCUT2D eigenvalue weighted by Gasteiger charge is 2.31. The number of carbonyl (C=O) groups excluding carboxylic acids is 1. The van der Waals surface area contributed by atoms with Gasteiger partial charge in [-0.25, -0.2) is 12.8 Å². The van der Waals surface area contributed by atoms with Gasteiger partial charge in [0.2, 0.25) is 15.9 Å². The summed E-state index contributed by atoms with van der Waals surface area (Å²) in [6.45, 7) is 1.70. The Morgan fingerprint density at radius 1 is 1.19 bits per heavy atom. The maximum Gasteiger partial charge on any atom is 0.248 e. The lowest BCUT2D eigenvalue weighted by Crippen LogP contribution is -2.47. The summed E-state index contributed by atoms with van der Waals surface area (Å²) >= 11 is 0. The minimum absolute atomic E-state index is 0.218. The van der Waals surface area contributed by atoms with E-state index in [1.807, 2.05) is 0 Å². The van der Waals surface area contributed by atoms with Crippen molar-refractivity contribution in [3.8, 4) is 5.75 Å². The average molecular weight is 380 g/mol. The van der Waals surface area contributed by atoms with Gasteiger partial charge in [0.05, 0.1) is 24.7 Å². The Balaban J connectivity index is 2.38. The molecule has 0 aliphatic rings. The van der Waals surface area contributed by atoms with Gasteiger partial charge < -0.3 is 10.1 Å². The largest absolute Gasteiger partial charge is 0.495 e. The number of nitrogens with zero attached hydrogens (tertiary/aromatic N) is 1. The number of para-hydroxylation sites is 2. The fourth-order valence-corrected chi connectivity index (χ4v) is 3.82. The van der Waals surface area contributed by atoms with Crippen LogP contribution in [0.2, 0.25) is 0 Å². The highest BCUT2D eigenvalue weighted by molar-refractivity contribution is 7.92. The first-order chi connectivity index (χ1) is 12.3. The molecule has 0 bridgehead atoms. The van der Waals surface area contributed by atoms with E-state index < -0.39 is 27.8 Å². The van der Waals surface area contributed by atoms with Crippen molar-refractivity contribution in [3.63, 3.8) is 0 Å². The molecule has 0 aromatic heterocycles. The highest BCUT2D eigenvalue weighted by Crippen LogP contribution is 2.26. The third kappa shape index (κ3) is 4.51. The van der Waals surface area contributed by atoms with Crippen LogP contribution in [0.1, 0.15) is 13.3 Å². The molecule has 0 saturated carbocycles. The highest BCUT2D eigenvalue weighted by atomic mass is 32.2. The van der Waals surface area contributed by atoms with Crippen LogP contribution in [0.3, 0.4) is 0 Å². The van der Waals surface area contributed by atoms with Crippen LogP contribution in [-0.4, -0.2) is 33.7 Å². The van der Waals surface area contributed by atoms with E-state index >= 15 is 0 Å². The first kappa shape index (κ1) is 19.7. The summed E-state index contributed by atoms with van der Waals surface area (Å²) in [6, 6.07) is 10.8.